The lowest BCUT2D eigenvalue weighted by atomic mass is 9.99. The first kappa shape index (κ1) is 17.4. The Labute approximate surface area is 150 Å². The van der Waals surface area contributed by atoms with Crippen LogP contribution in [0, 0.1) is 6.92 Å². The summed E-state index contributed by atoms with van der Waals surface area (Å²) in [6, 6.07) is 6.46. The van der Waals surface area contributed by atoms with Gasteiger partial charge in [0.1, 0.15) is 0 Å². The van der Waals surface area contributed by atoms with Crippen LogP contribution >= 0.6 is 11.3 Å². The smallest absolute Gasteiger partial charge is 0.335 e. The Balaban J connectivity index is 1.54. The second-order valence-electron chi connectivity index (χ2n) is 6.27. The number of nitrogens with zero attached hydrogens (tertiary/aromatic N) is 2. The minimum atomic E-state index is -0.952. The summed E-state index contributed by atoms with van der Waals surface area (Å²) in [5, 5.41) is 15.0. The number of carbonyl (C=O) groups excluding carboxylic acids is 1. The molecule has 0 spiro atoms. The van der Waals surface area contributed by atoms with E-state index in [1.807, 2.05) is 11.8 Å². The molecule has 132 valence electrons. The van der Waals surface area contributed by atoms with E-state index < -0.39 is 5.97 Å². The van der Waals surface area contributed by atoms with Crippen molar-refractivity contribution >= 4 is 23.3 Å². The molecule has 6 nitrogen and oxygen atoms in total. The summed E-state index contributed by atoms with van der Waals surface area (Å²) in [6.45, 7) is 3.82. The van der Waals surface area contributed by atoms with E-state index in [4.69, 9.17) is 5.11 Å². The van der Waals surface area contributed by atoms with Crippen molar-refractivity contribution in [1.82, 2.24) is 15.2 Å². The number of aryl methyl sites for hydroxylation is 1. The Morgan fingerprint density at radius 3 is 2.76 bits per heavy atom. The Kier molecular flexibility index (Phi) is 5.33. The van der Waals surface area contributed by atoms with Crippen LogP contribution in [0.4, 0.5) is 4.79 Å². The fourth-order valence-electron chi connectivity index (χ4n) is 2.98. The highest BCUT2D eigenvalue weighted by molar-refractivity contribution is 7.09. The summed E-state index contributed by atoms with van der Waals surface area (Å²) in [5.41, 5.74) is 2.15. The van der Waals surface area contributed by atoms with Crippen LogP contribution in [0.2, 0.25) is 0 Å². The molecule has 1 unspecified atom stereocenters. The van der Waals surface area contributed by atoms with Gasteiger partial charge in [-0.15, -0.1) is 11.3 Å². The lowest BCUT2D eigenvalue weighted by molar-refractivity contribution is 0.0697. The number of thiazole rings is 1. The molecular formula is C18H21N3O3S. The van der Waals surface area contributed by atoms with E-state index in [0.717, 1.165) is 35.7 Å². The Morgan fingerprint density at radius 2 is 2.12 bits per heavy atom. The summed E-state index contributed by atoms with van der Waals surface area (Å²) < 4.78 is 0. The van der Waals surface area contributed by atoms with Gasteiger partial charge < -0.3 is 15.3 Å². The minimum absolute atomic E-state index is 0.0831. The average molecular weight is 359 g/mol. The maximum Gasteiger partial charge on any atom is 0.335 e. The van der Waals surface area contributed by atoms with Crippen LogP contribution in [-0.4, -0.2) is 40.1 Å². The molecule has 2 amide bonds. The number of benzene rings is 1. The SMILES string of the molecule is Cc1csc(C2CCCN(C(=O)NCc3ccc(C(=O)O)cc3)C2)n1. The van der Waals surface area contributed by atoms with Crippen molar-refractivity contribution in [2.45, 2.75) is 32.2 Å². The molecule has 0 radical (unpaired) electrons. The lowest BCUT2D eigenvalue weighted by Gasteiger charge is -2.31. The molecule has 1 aromatic carbocycles. The van der Waals surface area contributed by atoms with E-state index in [2.05, 4.69) is 15.7 Å². The maximum atomic E-state index is 12.4. The van der Waals surface area contributed by atoms with Crippen molar-refractivity contribution < 1.29 is 14.7 Å². The molecule has 2 heterocycles. The zero-order valence-corrected chi connectivity index (χ0v) is 14.9. The molecule has 0 aliphatic carbocycles. The third kappa shape index (κ3) is 4.36. The van der Waals surface area contributed by atoms with Gasteiger partial charge in [-0.25, -0.2) is 14.6 Å². The predicted molar refractivity (Wildman–Crippen MR) is 96.0 cm³/mol. The number of carbonyl (C=O) groups is 2. The highest BCUT2D eigenvalue weighted by Crippen LogP contribution is 2.29. The van der Waals surface area contributed by atoms with Crippen LogP contribution < -0.4 is 5.32 Å². The summed E-state index contributed by atoms with van der Waals surface area (Å²) >= 11 is 1.67. The number of nitrogens with one attached hydrogen (secondary N) is 1. The highest BCUT2D eigenvalue weighted by atomic mass is 32.1. The fourth-order valence-corrected chi connectivity index (χ4v) is 3.90. The van der Waals surface area contributed by atoms with Crippen LogP contribution in [0.3, 0.4) is 0 Å². The van der Waals surface area contributed by atoms with E-state index in [0.29, 0.717) is 19.0 Å². The normalized spacial score (nSPS) is 17.3. The van der Waals surface area contributed by atoms with Crippen molar-refractivity contribution in [3.8, 4) is 0 Å². The Morgan fingerprint density at radius 1 is 1.36 bits per heavy atom. The molecule has 1 saturated heterocycles. The van der Waals surface area contributed by atoms with Crippen molar-refractivity contribution in [2.75, 3.05) is 13.1 Å². The lowest BCUT2D eigenvalue weighted by Crippen LogP contribution is -2.44. The third-order valence-corrected chi connectivity index (χ3v) is 5.46. The van der Waals surface area contributed by atoms with E-state index in [-0.39, 0.29) is 11.6 Å². The highest BCUT2D eigenvalue weighted by Gasteiger charge is 2.26. The van der Waals surface area contributed by atoms with Gasteiger partial charge in [-0.2, -0.15) is 0 Å². The van der Waals surface area contributed by atoms with Crippen LogP contribution in [0.15, 0.2) is 29.6 Å². The topological polar surface area (TPSA) is 82.5 Å². The first-order valence-corrected chi connectivity index (χ1v) is 9.18. The van der Waals surface area contributed by atoms with Crippen molar-refractivity contribution in [3.05, 3.63) is 51.5 Å². The first-order valence-electron chi connectivity index (χ1n) is 8.30. The number of rotatable bonds is 4. The van der Waals surface area contributed by atoms with Crippen LogP contribution in [-0.2, 0) is 6.54 Å². The summed E-state index contributed by atoms with van der Waals surface area (Å²) in [7, 11) is 0. The standard InChI is InChI=1S/C18H21N3O3S/c1-12-11-25-16(20-12)15-3-2-8-21(10-15)18(24)19-9-13-4-6-14(7-5-13)17(22)23/h4-7,11,15H,2-3,8-10H2,1H3,(H,19,24)(H,22,23). The second-order valence-corrected chi connectivity index (χ2v) is 7.16. The maximum absolute atomic E-state index is 12.4. The quantitative estimate of drug-likeness (QED) is 0.878. The number of aromatic nitrogens is 1. The first-order chi connectivity index (χ1) is 12.0. The van der Waals surface area contributed by atoms with Gasteiger partial charge >= 0.3 is 12.0 Å². The van der Waals surface area contributed by atoms with Crippen LogP contribution in [0.5, 0.6) is 0 Å². The van der Waals surface area contributed by atoms with Gasteiger partial charge in [-0.3, -0.25) is 0 Å². The Bertz CT molecular complexity index is 757. The molecule has 1 atom stereocenters. The van der Waals surface area contributed by atoms with Crippen molar-refractivity contribution in [2.24, 2.45) is 0 Å². The van der Waals surface area contributed by atoms with E-state index in [1.165, 1.54) is 0 Å². The van der Waals surface area contributed by atoms with E-state index >= 15 is 0 Å². The minimum Gasteiger partial charge on any atom is -0.478 e. The number of carboxylic acid groups (broad SMARTS) is 1. The number of likely N-dealkylation sites (tertiary alicyclic amines) is 1. The molecule has 25 heavy (non-hydrogen) atoms. The van der Waals surface area contributed by atoms with Gasteiger partial charge in [0, 0.05) is 36.6 Å². The molecule has 1 aliphatic rings. The van der Waals surface area contributed by atoms with E-state index in [9.17, 15) is 9.59 Å². The molecule has 2 N–H and O–H groups in total. The molecular weight excluding hydrogens is 338 g/mol. The number of urea groups is 1. The number of piperidine rings is 1. The number of aromatic carboxylic acids is 1. The number of hydrogen-bond donors (Lipinski definition) is 2. The fraction of sp³-hybridized carbons (Fsp3) is 0.389. The van der Waals surface area contributed by atoms with Gasteiger partial charge in [0.2, 0.25) is 0 Å². The largest absolute Gasteiger partial charge is 0.478 e. The zero-order chi connectivity index (χ0) is 17.8. The third-order valence-electron chi connectivity index (χ3n) is 4.34. The molecule has 0 saturated carbocycles. The average Bonchev–Trinajstić information content (AvgIpc) is 3.06. The van der Waals surface area contributed by atoms with Crippen molar-refractivity contribution in [3.63, 3.8) is 0 Å². The number of hydrogen-bond acceptors (Lipinski definition) is 4. The molecule has 7 heteroatoms. The molecule has 3 rings (SSSR count). The van der Waals surface area contributed by atoms with Gasteiger partial charge in [0.15, 0.2) is 0 Å². The molecule has 0 bridgehead atoms. The van der Waals surface area contributed by atoms with Gasteiger partial charge in [-0.05, 0) is 37.5 Å². The van der Waals surface area contributed by atoms with Crippen LogP contribution in [0.25, 0.3) is 0 Å². The number of carboxylic acids is 1. The molecule has 1 aromatic heterocycles. The van der Waals surface area contributed by atoms with Crippen LogP contribution in [0.1, 0.15) is 45.4 Å². The monoisotopic (exact) mass is 359 g/mol. The van der Waals surface area contributed by atoms with Crippen molar-refractivity contribution in [1.29, 1.82) is 0 Å². The summed E-state index contributed by atoms with van der Waals surface area (Å²) in [5.74, 6) is -0.639. The summed E-state index contributed by atoms with van der Waals surface area (Å²) in [6.07, 6.45) is 2.04. The molecule has 1 aliphatic heterocycles. The van der Waals surface area contributed by atoms with Gasteiger partial charge in [0.05, 0.1) is 10.6 Å². The number of amides is 2. The zero-order valence-electron chi connectivity index (χ0n) is 14.1. The van der Waals surface area contributed by atoms with E-state index in [1.54, 1.807) is 35.6 Å². The van der Waals surface area contributed by atoms with Gasteiger partial charge in [-0.1, -0.05) is 12.1 Å². The van der Waals surface area contributed by atoms with Gasteiger partial charge in [0.25, 0.3) is 0 Å². The predicted octanol–water partition coefficient (Wildman–Crippen LogP) is 3.24. The molecule has 2 aromatic rings. The second kappa shape index (κ2) is 7.65. The summed E-state index contributed by atoms with van der Waals surface area (Å²) in [4.78, 5) is 29.7. The molecule has 1 fully saturated rings. The Hall–Kier alpha value is -2.41.